The Balaban J connectivity index is 0.000000107. The lowest BCUT2D eigenvalue weighted by molar-refractivity contribution is 0.0720. The van der Waals surface area contributed by atoms with Gasteiger partial charge in [0.25, 0.3) is 23.6 Å². The van der Waals surface area contributed by atoms with Crippen LogP contribution in [0.25, 0.3) is 22.3 Å². The minimum Gasteiger partial charge on any atom is -0.473 e. The summed E-state index contributed by atoms with van der Waals surface area (Å²) in [6, 6.07) is 47.0. The largest absolute Gasteiger partial charge is 0.473 e. The van der Waals surface area contributed by atoms with Crippen LogP contribution in [0.1, 0.15) is 150 Å². The number of allylic oxidation sites excluding steroid dienone is 4. The summed E-state index contributed by atoms with van der Waals surface area (Å²) < 4.78 is 39.1. The van der Waals surface area contributed by atoms with Gasteiger partial charge in [0.15, 0.2) is 0 Å². The molecule has 0 bridgehead atoms. The molecule has 660 valence electrons. The number of likely N-dealkylation sites (tertiary alicyclic amines) is 1. The highest BCUT2D eigenvalue weighted by molar-refractivity contribution is 5.95. The first-order valence-electron chi connectivity index (χ1n) is 45.1. The van der Waals surface area contributed by atoms with Crippen molar-refractivity contribution in [3.63, 3.8) is 0 Å². The van der Waals surface area contributed by atoms with Gasteiger partial charge in [-0.3, -0.25) is 29.7 Å². The Hall–Kier alpha value is -14.4. The van der Waals surface area contributed by atoms with E-state index < -0.39 is 0 Å². The maximum absolute atomic E-state index is 13.2. The average Bonchev–Trinajstić information content (AvgIpc) is 1.65. The summed E-state index contributed by atoms with van der Waals surface area (Å²) in [6.07, 6.45) is 38.3. The minimum absolute atomic E-state index is 0.0106. The van der Waals surface area contributed by atoms with Gasteiger partial charge >= 0.3 is 0 Å². The lowest BCUT2D eigenvalue weighted by atomic mass is 10.0. The van der Waals surface area contributed by atoms with Crippen LogP contribution < -0.4 is 19.6 Å². The second kappa shape index (κ2) is 40.1. The molecular formula is C102H99N21O8. The van der Waals surface area contributed by atoms with E-state index in [-0.39, 0.29) is 36.0 Å². The first kappa shape index (κ1) is 84.8. The minimum atomic E-state index is -0.142. The second-order valence-electron chi connectivity index (χ2n) is 33.1. The quantitative estimate of drug-likeness (QED) is 0.0920. The zero-order valence-electron chi connectivity index (χ0n) is 72.9. The molecule has 5 saturated heterocycles. The molecule has 131 heavy (non-hydrogen) atoms. The molecule has 29 heteroatoms. The standard InChI is InChI=1S/C26H26N6O2.2C25H23N5O2.C20H21N5O2.C6H6/c33-26(32-9-3-5-24(32)23-4-1-2-8-27-23)25-29-15-18(16-30-25)20-6-7-22-21(20)14-19(17-28-22)31-10-12-34-13-11-31;2*1-2-4-17(5-3-1)23-16-32-25(29-23)24-27-13-18(14-28-24)20-6-7-22-21(20)12-19(15-26-22)30-8-10-31-11-9-30;1-13-9-24-20(27-13)19-22-10-14(11-23-19)16-2-3-18-17(16)8-15(12-21-18)25-4-6-26-7-5-25;1-2-4-6-5-3-1/h1-2,4,6,8,14-17,24H,3,5,7,9-13H2;2*1-6,12-15,23H,7-11,16H2;2,8,10-13H,3-7,9H2,1H3;1-6H/t;2*23-;13-;/m.101./s1. The molecule has 17 heterocycles. The lowest BCUT2D eigenvalue weighted by Gasteiger charge is -2.29. The van der Waals surface area contributed by atoms with E-state index in [1.54, 1.807) is 18.6 Å². The van der Waals surface area contributed by atoms with Gasteiger partial charge in [-0.1, -0.05) is 127 Å². The molecule has 9 aromatic heterocycles. The normalized spacial score (nSPS) is 19.6. The number of anilines is 4. The first-order chi connectivity index (χ1) is 64.7. The number of aliphatic imine (C=N–C) groups is 3. The van der Waals surface area contributed by atoms with Gasteiger partial charge in [-0.05, 0) is 89.6 Å². The third-order valence-corrected chi connectivity index (χ3v) is 24.8. The molecule has 0 N–H and O–H groups in total. The Morgan fingerprint density at radius 1 is 0.359 bits per heavy atom. The number of ether oxygens (including phenoxy) is 7. The van der Waals surface area contributed by atoms with Crippen LogP contribution in [0.4, 0.5) is 22.7 Å². The van der Waals surface area contributed by atoms with Crippen molar-refractivity contribution >= 4 is 68.6 Å². The summed E-state index contributed by atoms with van der Waals surface area (Å²) in [6.45, 7) is 17.5. The monoisotopic (exact) mass is 1750 g/mol. The molecule has 0 saturated carbocycles. The van der Waals surface area contributed by atoms with Crippen molar-refractivity contribution in [2.24, 2.45) is 15.0 Å². The van der Waals surface area contributed by atoms with Crippen molar-refractivity contribution in [3.8, 4) is 0 Å². The molecule has 8 aliphatic heterocycles. The van der Waals surface area contributed by atoms with Crippen molar-refractivity contribution in [1.82, 2.24) is 69.7 Å². The molecule has 4 aliphatic carbocycles. The van der Waals surface area contributed by atoms with Crippen LogP contribution in [0.15, 0.2) is 259 Å². The topological polar surface area (TPSA) is 303 Å². The highest BCUT2D eigenvalue weighted by atomic mass is 16.5. The van der Waals surface area contributed by atoms with Gasteiger partial charge in [0.1, 0.15) is 31.4 Å². The molecule has 0 radical (unpaired) electrons. The predicted octanol–water partition coefficient (Wildman–Crippen LogP) is 13.0. The Bertz CT molecular complexity index is 6030. The molecule has 3 aromatic carbocycles. The Morgan fingerprint density at radius 2 is 0.695 bits per heavy atom. The molecular weight excluding hydrogens is 1650 g/mol. The number of amides is 1. The third kappa shape index (κ3) is 19.5. The number of pyridine rings is 5. The summed E-state index contributed by atoms with van der Waals surface area (Å²) in [7, 11) is 0. The smallest absolute Gasteiger partial charge is 0.292 e. The molecule has 4 atom stereocenters. The highest BCUT2D eigenvalue weighted by Crippen LogP contribution is 2.40. The number of aromatic nitrogens is 13. The molecule has 5 fully saturated rings. The van der Waals surface area contributed by atoms with Crippen LogP contribution in [0, 0.1) is 0 Å². The van der Waals surface area contributed by atoms with Gasteiger partial charge in [-0.15, -0.1) is 0 Å². The molecule has 1 amide bonds. The van der Waals surface area contributed by atoms with Crippen molar-refractivity contribution in [1.29, 1.82) is 0 Å². The zero-order valence-corrected chi connectivity index (χ0v) is 72.9. The number of hydrogen-bond acceptors (Lipinski definition) is 28. The SMILES string of the molecule is C1=C(c2cnc(C3=N[C@@H](c4ccccc4)CO3)nc2)c2cc(N3CCOCC3)cnc2C1.C1=C(c2cnc(C3=N[C@H](c4ccccc4)CO3)nc2)c2cc(N3CCOCC3)cnc2C1.C[C@@H]1CN=C(c2ncc(C3=CCc4ncc(N5CCOCC5)cc43)cn2)O1.O=C(c1ncc(C2=CCc3ncc(N4CCOCC4)cc32)cn1)N1CCCC1c1ccccn1.c1ccccc1. The number of carbonyl (C=O) groups is 1. The van der Waals surface area contributed by atoms with E-state index in [2.05, 4.69) is 157 Å². The fraction of sp³-hybridized carbons (Fsp3) is 0.304. The molecule has 12 aromatic rings. The Kier molecular flexibility index (Phi) is 25.9. The molecule has 0 spiro atoms. The maximum Gasteiger partial charge on any atom is 0.292 e. The fourth-order valence-electron chi connectivity index (χ4n) is 17.8. The Labute approximate surface area is 759 Å². The number of fused-ring (bicyclic) bond motifs is 4. The van der Waals surface area contributed by atoms with E-state index >= 15 is 0 Å². The van der Waals surface area contributed by atoms with Crippen molar-refractivity contribution in [2.75, 3.05) is 151 Å². The number of morpholine rings is 4. The van der Waals surface area contributed by atoms with Gasteiger partial charge in [0.05, 0.1) is 141 Å². The second-order valence-corrected chi connectivity index (χ2v) is 33.1. The van der Waals surface area contributed by atoms with E-state index in [1.807, 2.05) is 165 Å². The lowest BCUT2D eigenvalue weighted by Crippen LogP contribution is -2.36. The maximum atomic E-state index is 13.2. The predicted molar refractivity (Wildman–Crippen MR) is 499 cm³/mol. The Morgan fingerprint density at radius 3 is 1.03 bits per heavy atom. The average molecular weight is 1750 g/mol. The highest BCUT2D eigenvalue weighted by Gasteiger charge is 2.35. The van der Waals surface area contributed by atoms with E-state index in [0.29, 0.717) is 61.5 Å². The molecule has 1 unspecified atom stereocenters. The van der Waals surface area contributed by atoms with Gasteiger partial charge in [0, 0.05) is 185 Å². The summed E-state index contributed by atoms with van der Waals surface area (Å²) in [5, 5.41) is 0. The van der Waals surface area contributed by atoms with Gasteiger partial charge < -0.3 is 57.7 Å². The summed E-state index contributed by atoms with van der Waals surface area (Å²) in [5.74, 6) is 3.21. The van der Waals surface area contributed by atoms with Crippen molar-refractivity contribution < 1.29 is 38.0 Å². The van der Waals surface area contributed by atoms with Gasteiger partial charge in [-0.25, -0.2) is 54.8 Å². The van der Waals surface area contributed by atoms with Crippen LogP contribution in [0.3, 0.4) is 0 Å². The van der Waals surface area contributed by atoms with Gasteiger partial charge in [0.2, 0.25) is 23.3 Å². The molecule has 12 aliphatic rings. The van der Waals surface area contributed by atoms with Crippen LogP contribution in [-0.2, 0) is 58.8 Å². The van der Waals surface area contributed by atoms with E-state index in [4.69, 9.17) is 48.1 Å². The van der Waals surface area contributed by atoms with Crippen LogP contribution in [0.5, 0.6) is 0 Å². The molecule has 24 rings (SSSR count). The van der Waals surface area contributed by atoms with E-state index in [0.717, 1.165) is 267 Å². The van der Waals surface area contributed by atoms with Crippen LogP contribution in [-0.4, -0.2) is 231 Å². The van der Waals surface area contributed by atoms with E-state index in [1.165, 1.54) is 5.56 Å². The number of benzene rings is 3. The summed E-state index contributed by atoms with van der Waals surface area (Å²) >= 11 is 0. The zero-order chi connectivity index (χ0) is 88.0. The molecule has 29 nitrogen and oxygen atoms in total. The summed E-state index contributed by atoms with van der Waals surface area (Å²) in [4.78, 5) is 97.5. The van der Waals surface area contributed by atoms with Crippen molar-refractivity contribution in [3.05, 3.63) is 352 Å². The third-order valence-electron chi connectivity index (χ3n) is 24.8. The van der Waals surface area contributed by atoms with Crippen LogP contribution in [0.2, 0.25) is 0 Å². The van der Waals surface area contributed by atoms with Crippen molar-refractivity contribution in [2.45, 2.75) is 69.7 Å². The first-order valence-corrected chi connectivity index (χ1v) is 45.1. The summed E-state index contributed by atoms with van der Waals surface area (Å²) in [5.41, 5.74) is 25.0. The van der Waals surface area contributed by atoms with Gasteiger partial charge in [-0.2, -0.15) is 0 Å². The number of carbonyl (C=O) groups excluding carboxylic acids is 1. The number of hydrogen-bond donors (Lipinski definition) is 0. The number of rotatable bonds is 15. The van der Waals surface area contributed by atoms with E-state index in [9.17, 15) is 4.79 Å². The van der Waals surface area contributed by atoms with Crippen LogP contribution >= 0.6 is 0 Å². The number of nitrogens with zero attached hydrogens (tertiary/aromatic N) is 21. The fourth-order valence-corrected chi connectivity index (χ4v) is 17.8.